The van der Waals surface area contributed by atoms with Gasteiger partial charge in [0.1, 0.15) is 16.9 Å². The third-order valence-electron chi connectivity index (χ3n) is 1.94. The van der Waals surface area contributed by atoms with Crippen LogP contribution in [-0.4, -0.2) is 33.8 Å². The Balaban J connectivity index is 2.96. The summed E-state index contributed by atoms with van der Waals surface area (Å²) in [5.41, 5.74) is -0.558. The maximum Gasteiger partial charge on any atom is 0.488 e. The molecule has 1 aromatic carbocycles. The molecule has 0 aliphatic heterocycles. The summed E-state index contributed by atoms with van der Waals surface area (Å²) in [5.74, 6) is -1.00. The van der Waals surface area contributed by atoms with Crippen LogP contribution < -0.4 is 5.46 Å². The Labute approximate surface area is 99.8 Å². The Morgan fingerprint density at radius 3 is 2.29 bits per heavy atom. The molecule has 0 heterocycles. The normalized spacial score (nSPS) is 11.1. The van der Waals surface area contributed by atoms with E-state index >= 15 is 0 Å². The first kappa shape index (κ1) is 13.5. The molecule has 0 bridgehead atoms. The highest BCUT2D eigenvalue weighted by Gasteiger charge is 2.22. The van der Waals surface area contributed by atoms with E-state index in [2.05, 4.69) is 0 Å². The van der Waals surface area contributed by atoms with Crippen LogP contribution >= 0.6 is 0 Å². The molecule has 1 rings (SSSR count). The lowest BCUT2D eigenvalue weighted by molar-refractivity contribution is 0.00668. The number of rotatable bonds is 2. The first-order valence-corrected chi connectivity index (χ1v) is 5.13. The van der Waals surface area contributed by atoms with E-state index in [4.69, 9.17) is 14.8 Å². The minimum Gasteiger partial charge on any atom is -0.507 e. The molecule has 0 aliphatic carbocycles. The molecule has 0 saturated carbocycles. The Kier molecular flexibility index (Phi) is 3.80. The lowest BCUT2D eigenvalue weighted by atomic mass is 9.80. The predicted molar refractivity (Wildman–Crippen MR) is 63.1 cm³/mol. The molecule has 0 amide bonds. The highest BCUT2D eigenvalue weighted by molar-refractivity contribution is 6.58. The van der Waals surface area contributed by atoms with Crippen molar-refractivity contribution in [1.29, 1.82) is 0 Å². The number of hydrogen-bond acceptors (Lipinski definition) is 5. The van der Waals surface area contributed by atoms with Crippen LogP contribution in [0, 0.1) is 0 Å². The van der Waals surface area contributed by atoms with Gasteiger partial charge in [0.15, 0.2) is 0 Å². The summed E-state index contributed by atoms with van der Waals surface area (Å²) in [6.45, 7) is 5.15. The second kappa shape index (κ2) is 4.77. The maximum atomic E-state index is 11.7. The van der Waals surface area contributed by atoms with Crippen molar-refractivity contribution in [2.24, 2.45) is 0 Å². The molecule has 1 aromatic rings. The zero-order valence-electron chi connectivity index (χ0n) is 9.97. The Hall–Kier alpha value is -1.53. The standard InChI is InChI=1S/C11H15BO5/c1-11(2,3)17-10(14)8-5-4-7(12(15)16)6-9(8)13/h4-6,13,15-16H,1-3H3. The summed E-state index contributed by atoms with van der Waals surface area (Å²) in [4.78, 5) is 11.7. The van der Waals surface area contributed by atoms with Crippen LogP contribution in [0.2, 0.25) is 0 Å². The third kappa shape index (κ3) is 3.76. The number of phenolic OH excluding ortho intramolecular Hbond substituents is 1. The van der Waals surface area contributed by atoms with Crippen LogP contribution in [-0.2, 0) is 4.74 Å². The van der Waals surface area contributed by atoms with Gasteiger partial charge in [-0.2, -0.15) is 0 Å². The summed E-state index contributed by atoms with van der Waals surface area (Å²) < 4.78 is 5.08. The van der Waals surface area contributed by atoms with E-state index in [1.54, 1.807) is 20.8 Å². The molecule has 6 heteroatoms. The van der Waals surface area contributed by atoms with Gasteiger partial charge in [-0.25, -0.2) is 4.79 Å². The first-order chi connectivity index (χ1) is 7.70. The Morgan fingerprint density at radius 2 is 1.88 bits per heavy atom. The number of aromatic hydroxyl groups is 1. The monoisotopic (exact) mass is 238 g/mol. The lowest BCUT2D eigenvalue weighted by Gasteiger charge is -2.19. The topological polar surface area (TPSA) is 87.0 Å². The van der Waals surface area contributed by atoms with Gasteiger partial charge in [-0.05, 0) is 38.4 Å². The summed E-state index contributed by atoms with van der Waals surface area (Å²) in [7, 11) is -1.69. The molecule has 5 nitrogen and oxygen atoms in total. The fraction of sp³-hybridized carbons (Fsp3) is 0.364. The van der Waals surface area contributed by atoms with E-state index in [1.807, 2.05) is 0 Å². The van der Waals surface area contributed by atoms with E-state index in [-0.39, 0.29) is 16.8 Å². The van der Waals surface area contributed by atoms with Crippen LogP contribution in [0.15, 0.2) is 18.2 Å². The van der Waals surface area contributed by atoms with E-state index < -0.39 is 18.7 Å². The quantitative estimate of drug-likeness (QED) is 0.499. The molecular weight excluding hydrogens is 223 g/mol. The van der Waals surface area contributed by atoms with Crippen molar-refractivity contribution < 1.29 is 24.7 Å². The van der Waals surface area contributed by atoms with E-state index in [1.165, 1.54) is 12.1 Å². The molecule has 0 fully saturated rings. The van der Waals surface area contributed by atoms with Gasteiger partial charge in [0.2, 0.25) is 0 Å². The van der Waals surface area contributed by atoms with Gasteiger partial charge < -0.3 is 19.9 Å². The van der Waals surface area contributed by atoms with Gasteiger partial charge in [-0.1, -0.05) is 6.07 Å². The van der Waals surface area contributed by atoms with Crippen molar-refractivity contribution in [3.63, 3.8) is 0 Å². The van der Waals surface area contributed by atoms with Gasteiger partial charge in [0, 0.05) is 0 Å². The minimum absolute atomic E-state index is 0.00988. The van der Waals surface area contributed by atoms with Gasteiger partial charge in [-0.15, -0.1) is 0 Å². The van der Waals surface area contributed by atoms with Crippen molar-refractivity contribution in [2.45, 2.75) is 26.4 Å². The zero-order chi connectivity index (χ0) is 13.2. The maximum absolute atomic E-state index is 11.7. The first-order valence-electron chi connectivity index (χ1n) is 5.13. The molecule has 3 N–H and O–H groups in total. The number of hydrogen-bond donors (Lipinski definition) is 3. The fourth-order valence-electron chi connectivity index (χ4n) is 1.21. The third-order valence-corrected chi connectivity index (χ3v) is 1.94. The van der Waals surface area contributed by atoms with Gasteiger partial charge in [0.05, 0.1) is 0 Å². The molecule has 0 saturated heterocycles. The van der Waals surface area contributed by atoms with Crippen LogP contribution in [0.5, 0.6) is 5.75 Å². The van der Waals surface area contributed by atoms with Crippen molar-refractivity contribution >= 4 is 18.6 Å². The van der Waals surface area contributed by atoms with Crippen molar-refractivity contribution in [3.8, 4) is 5.75 Å². The number of carbonyl (C=O) groups is 1. The number of phenols is 1. The second-order valence-corrected chi connectivity index (χ2v) is 4.65. The summed E-state index contributed by atoms with van der Waals surface area (Å²) in [5, 5.41) is 27.4. The average molecular weight is 238 g/mol. The van der Waals surface area contributed by atoms with Gasteiger partial charge in [0.25, 0.3) is 0 Å². The zero-order valence-corrected chi connectivity index (χ0v) is 9.97. The van der Waals surface area contributed by atoms with E-state index in [0.29, 0.717) is 0 Å². The number of carbonyl (C=O) groups excluding carboxylic acids is 1. The summed E-state index contributed by atoms with van der Waals surface area (Å²) in [6.07, 6.45) is 0. The number of benzene rings is 1. The average Bonchev–Trinajstić information content (AvgIpc) is 2.14. The van der Waals surface area contributed by atoms with Gasteiger partial charge >= 0.3 is 13.1 Å². The van der Waals surface area contributed by atoms with Crippen LogP contribution in [0.25, 0.3) is 0 Å². The minimum atomic E-state index is -1.69. The Bertz CT molecular complexity index is 422. The second-order valence-electron chi connectivity index (χ2n) is 4.65. The highest BCUT2D eigenvalue weighted by Crippen LogP contribution is 2.19. The van der Waals surface area contributed by atoms with Crippen molar-refractivity contribution in [1.82, 2.24) is 0 Å². The lowest BCUT2D eigenvalue weighted by Crippen LogP contribution is -2.30. The van der Waals surface area contributed by atoms with Gasteiger partial charge in [-0.3, -0.25) is 0 Å². The molecule has 17 heavy (non-hydrogen) atoms. The summed E-state index contributed by atoms with van der Waals surface area (Å²) >= 11 is 0. The molecule has 0 aromatic heterocycles. The van der Waals surface area contributed by atoms with Crippen molar-refractivity contribution in [3.05, 3.63) is 23.8 Å². The van der Waals surface area contributed by atoms with Crippen LogP contribution in [0.1, 0.15) is 31.1 Å². The molecular formula is C11H15BO5. The van der Waals surface area contributed by atoms with E-state index in [0.717, 1.165) is 6.07 Å². The predicted octanol–water partition coefficient (Wildman–Crippen LogP) is 0.0273. The SMILES string of the molecule is CC(C)(C)OC(=O)c1ccc(B(O)O)cc1O. The van der Waals surface area contributed by atoms with Crippen molar-refractivity contribution in [2.75, 3.05) is 0 Å². The highest BCUT2D eigenvalue weighted by atomic mass is 16.6. The molecule has 0 radical (unpaired) electrons. The largest absolute Gasteiger partial charge is 0.507 e. The van der Waals surface area contributed by atoms with Crippen LogP contribution in [0.4, 0.5) is 0 Å². The fourth-order valence-corrected chi connectivity index (χ4v) is 1.21. The smallest absolute Gasteiger partial charge is 0.488 e. The number of ether oxygens (including phenoxy) is 1. The summed E-state index contributed by atoms with van der Waals surface area (Å²) in [6, 6.07) is 3.74. The molecule has 0 aliphatic rings. The molecule has 0 spiro atoms. The number of esters is 1. The molecule has 0 unspecified atom stereocenters. The Morgan fingerprint density at radius 1 is 1.29 bits per heavy atom. The van der Waals surface area contributed by atoms with Crippen LogP contribution in [0.3, 0.4) is 0 Å². The van der Waals surface area contributed by atoms with E-state index in [9.17, 15) is 9.90 Å². The molecule has 92 valence electrons. The molecule has 0 atom stereocenters.